The van der Waals surface area contributed by atoms with Crippen LogP contribution in [0.2, 0.25) is 5.02 Å². The summed E-state index contributed by atoms with van der Waals surface area (Å²) < 4.78 is 11.9. The smallest absolute Gasteiger partial charge is 0.180 e. The molecule has 1 N–H and O–H groups in total. The van der Waals surface area contributed by atoms with Gasteiger partial charge in [0.15, 0.2) is 11.5 Å². The molecule has 31 heavy (non-hydrogen) atoms. The van der Waals surface area contributed by atoms with Crippen molar-refractivity contribution in [2.45, 2.75) is 27.0 Å². The maximum absolute atomic E-state index is 6.62. The van der Waals surface area contributed by atoms with E-state index < -0.39 is 0 Å². The number of ether oxygens (including phenoxy) is 2. The molecule has 0 fully saturated rings. The van der Waals surface area contributed by atoms with E-state index in [1.54, 1.807) is 0 Å². The van der Waals surface area contributed by atoms with Gasteiger partial charge in [0.25, 0.3) is 0 Å². The minimum Gasteiger partial charge on any atom is -0.490 e. The molecular formula is C27H26ClNO2. The fourth-order valence-electron chi connectivity index (χ4n) is 3.63. The number of benzene rings is 4. The first-order valence-electron chi connectivity index (χ1n) is 10.5. The van der Waals surface area contributed by atoms with Crippen molar-refractivity contribution >= 4 is 28.1 Å². The Balaban J connectivity index is 1.54. The zero-order valence-electron chi connectivity index (χ0n) is 17.8. The normalized spacial score (nSPS) is 10.8. The van der Waals surface area contributed by atoms with Crippen LogP contribution in [-0.2, 0) is 13.2 Å². The molecule has 0 saturated heterocycles. The first-order valence-corrected chi connectivity index (χ1v) is 10.9. The van der Waals surface area contributed by atoms with Crippen molar-refractivity contribution < 1.29 is 9.47 Å². The molecule has 0 aromatic heterocycles. The largest absolute Gasteiger partial charge is 0.490 e. The third kappa shape index (κ3) is 4.95. The number of fused-ring (bicyclic) bond motifs is 1. The predicted octanol–water partition coefficient (Wildman–Crippen LogP) is 7.39. The molecule has 0 spiro atoms. The van der Waals surface area contributed by atoms with Crippen molar-refractivity contribution in [1.29, 1.82) is 0 Å². The highest BCUT2D eigenvalue weighted by atomic mass is 35.5. The Kier molecular flexibility index (Phi) is 6.63. The molecule has 4 heteroatoms. The van der Waals surface area contributed by atoms with Crippen LogP contribution in [0.3, 0.4) is 0 Å². The highest BCUT2D eigenvalue weighted by Crippen LogP contribution is 2.37. The third-order valence-electron chi connectivity index (χ3n) is 5.28. The Bertz CT molecular complexity index is 1180. The van der Waals surface area contributed by atoms with Crippen molar-refractivity contribution in [3.05, 3.63) is 101 Å². The molecule has 0 radical (unpaired) electrons. The van der Waals surface area contributed by atoms with Crippen LogP contribution < -0.4 is 14.8 Å². The van der Waals surface area contributed by atoms with E-state index in [9.17, 15) is 0 Å². The Labute approximate surface area is 188 Å². The molecule has 3 nitrogen and oxygen atoms in total. The molecule has 0 bridgehead atoms. The minimum atomic E-state index is 0.445. The number of rotatable bonds is 8. The van der Waals surface area contributed by atoms with Crippen molar-refractivity contribution in [2.24, 2.45) is 0 Å². The molecule has 0 atom stereocenters. The van der Waals surface area contributed by atoms with E-state index in [0.717, 1.165) is 16.8 Å². The Hall–Kier alpha value is -3.17. The van der Waals surface area contributed by atoms with Crippen molar-refractivity contribution in [2.75, 3.05) is 11.9 Å². The van der Waals surface area contributed by atoms with Crippen LogP contribution in [0, 0.1) is 6.92 Å². The number of halogens is 1. The molecule has 0 heterocycles. The molecule has 0 aliphatic heterocycles. The van der Waals surface area contributed by atoms with E-state index in [2.05, 4.69) is 66.8 Å². The molecule has 0 saturated carbocycles. The Morgan fingerprint density at radius 2 is 1.65 bits per heavy atom. The number of hydrogen-bond donors (Lipinski definition) is 1. The van der Waals surface area contributed by atoms with Crippen molar-refractivity contribution in [1.82, 2.24) is 0 Å². The highest BCUT2D eigenvalue weighted by molar-refractivity contribution is 6.32. The lowest BCUT2D eigenvalue weighted by Gasteiger charge is -2.17. The molecule has 158 valence electrons. The second-order valence-corrected chi connectivity index (χ2v) is 7.84. The van der Waals surface area contributed by atoms with E-state index in [1.165, 1.54) is 16.3 Å². The van der Waals surface area contributed by atoms with Crippen LogP contribution in [0.4, 0.5) is 5.69 Å². The van der Waals surface area contributed by atoms with E-state index in [1.807, 2.05) is 31.2 Å². The highest BCUT2D eigenvalue weighted by Gasteiger charge is 2.14. The van der Waals surface area contributed by atoms with E-state index in [-0.39, 0.29) is 0 Å². The number of nitrogens with one attached hydrogen (secondary N) is 1. The summed E-state index contributed by atoms with van der Waals surface area (Å²) in [7, 11) is 0. The number of anilines is 1. The minimum absolute atomic E-state index is 0.445. The van der Waals surface area contributed by atoms with E-state index in [0.29, 0.717) is 36.3 Å². The van der Waals surface area contributed by atoms with E-state index >= 15 is 0 Å². The summed E-state index contributed by atoms with van der Waals surface area (Å²) >= 11 is 6.62. The van der Waals surface area contributed by atoms with Crippen LogP contribution >= 0.6 is 11.6 Å². The Morgan fingerprint density at radius 1 is 0.871 bits per heavy atom. The summed E-state index contributed by atoms with van der Waals surface area (Å²) in [5.74, 6) is 1.25. The lowest BCUT2D eigenvalue weighted by molar-refractivity contribution is 0.269. The maximum atomic E-state index is 6.62. The summed E-state index contributed by atoms with van der Waals surface area (Å²) in [6.45, 7) is 5.65. The Morgan fingerprint density at radius 3 is 2.48 bits per heavy atom. The van der Waals surface area contributed by atoms with Gasteiger partial charge in [-0.15, -0.1) is 0 Å². The van der Waals surface area contributed by atoms with Crippen molar-refractivity contribution in [3.63, 3.8) is 0 Å². The first kappa shape index (κ1) is 21.1. The van der Waals surface area contributed by atoms with Crippen LogP contribution in [0.5, 0.6) is 11.5 Å². The van der Waals surface area contributed by atoms with Gasteiger partial charge < -0.3 is 14.8 Å². The van der Waals surface area contributed by atoms with Gasteiger partial charge in [-0.3, -0.25) is 0 Å². The van der Waals surface area contributed by atoms with Gasteiger partial charge in [-0.25, -0.2) is 0 Å². The van der Waals surface area contributed by atoms with Crippen LogP contribution in [0.25, 0.3) is 10.8 Å². The van der Waals surface area contributed by atoms with Crippen LogP contribution in [0.15, 0.2) is 78.9 Å². The summed E-state index contributed by atoms with van der Waals surface area (Å²) in [6.07, 6.45) is 0. The monoisotopic (exact) mass is 431 g/mol. The standard InChI is InChI=1S/C27H26ClNO2/c1-3-30-26-16-20(17-29-25-14-8-12-21-10-6-7-13-23(21)25)15-24(28)27(26)31-18-22-11-5-4-9-19(22)2/h4-16,29H,3,17-18H2,1-2H3. The van der Waals surface area contributed by atoms with Crippen LogP contribution in [-0.4, -0.2) is 6.61 Å². The molecule has 0 unspecified atom stereocenters. The zero-order valence-corrected chi connectivity index (χ0v) is 18.6. The summed E-state index contributed by atoms with van der Waals surface area (Å²) in [4.78, 5) is 0. The zero-order chi connectivity index (χ0) is 21.6. The third-order valence-corrected chi connectivity index (χ3v) is 5.56. The topological polar surface area (TPSA) is 30.5 Å². The number of hydrogen-bond acceptors (Lipinski definition) is 3. The van der Waals surface area contributed by atoms with Gasteiger partial charge in [0.05, 0.1) is 11.6 Å². The lowest BCUT2D eigenvalue weighted by atomic mass is 10.1. The van der Waals surface area contributed by atoms with Crippen molar-refractivity contribution in [3.8, 4) is 11.5 Å². The van der Waals surface area contributed by atoms with E-state index in [4.69, 9.17) is 21.1 Å². The van der Waals surface area contributed by atoms with Gasteiger partial charge in [-0.2, -0.15) is 0 Å². The second kappa shape index (κ2) is 9.76. The molecule has 0 aliphatic carbocycles. The predicted molar refractivity (Wildman–Crippen MR) is 129 cm³/mol. The van der Waals surface area contributed by atoms with Gasteiger partial charge in [0, 0.05) is 17.6 Å². The molecule has 4 aromatic rings. The van der Waals surface area contributed by atoms with Gasteiger partial charge in [-0.05, 0) is 54.1 Å². The number of aryl methyl sites for hydroxylation is 1. The molecule has 0 amide bonds. The molecular weight excluding hydrogens is 406 g/mol. The first-order chi connectivity index (χ1) is 15.2. The summed E-state index contributed by atoms with van der Waals surface area (Å²) in [5.41, 5.74) is 4.44. The van der Waals surface area contributed by atoms with Gasteiger partial charge in [-0.1, -0.05) is 72.3 Å². The molecule has 4 aromatic carbocycles. The molecule has 4 rings (SSSR count). The van der Waals surface area contributed by atoms with Crippen LogP contribution in [0.1, 0.15) is 23.6 Å². The SMILES string of the molecule is CCOc1cc(CNc2cccc3ccccc23)cc(Cl)c1OCc1ccccc1C. The van der Waals surface area contributed by atoms with Gasteiger partial charge in [0.1, 0.15) is 6.61 Å². The molecule has 0 aliphatic rings. The summed E-state index contributed by atoms with van der Waals surface area (Å²) in [6, 6.07) is 26.7. The fraction of sp³-hybridized carbons (Fsp3) is 0.185. The van der Waals surface area contributed by atoms with Gasteiger partial charge in [0.2, 0.25) is 0 Å². The lowest BCUT2D eigenvalue weighted by Crippen LogP contribution is -2.04. The quantitative estimate of drug-likeness (QED) is 0.315. The fourth-order valence-corrected chi connectivity index (χ4v) is 3.91. The van der Waals surface area contributed by atoms with Gasteiger partial charge >= 0.3 is 0 Å². The average molecular weight is 432 g/mol. The average Bonchev–Trinajstić information content (AvgIpc) is 2.78. The summed E-state index contributed by atoms with van der Waals surface area (Å²) in [5, 5.41) is 6.48. The maximum Gasteiger partial charge on any atom is 0.180 e. The second-order valence-electron chi connectivity index (χ2n) is 7.43.